The smallest absolute Gasteiger partial charge is 0.136 e. The lowest BCUT2D eigenvalue weighted by Crippen LogP contribution is -1.86. The summed E-state index contributed by atoms with van der Waals surface area (Å²) >= 11 is 18.3. The maximum atomic E-state index is 5.91. The summed E-state index contributed by atoms with van der Waals surface area (Å²) in [4.78, 5) is 0. The molecule has 0 saturated carbocycles. The molecule has 66 valence electrons. The van der Waals surface area contributed by atoms with Crippen molar-refractivity contribution in [2.45, 2.75) is 0 Å². The second-order valence-electron chi connectivity index (χ2n) is 2.00. The average Bonchev–Trinajstić information content (AvgIpc) is 2.08. The van der Waals surface area contributed by atoms with Crippen molar-refractivity contribution in [3.05, 3.63) is 25.1 Å². The van der Waals surface area contributed by atoms with Gasteiger partial charge in [0.05, 0.1) is 26.1 Å². The van der Waals surface area contributed by atoms with Crippen molar-refractivity contribution >= 4 is 55.1 Å². The lowest BCUT2D eigenvalue weighted by atomic mass is 10.3. The third-order valence-electron chi connectivity index (χ3n) is 1.29. The Morgan fingerprint density at radius 1 is 1.25 bits per heavy atom. The quantitative estimate of drug-likeness (QED) is 0.541. The fraction of sp³-hybridized carbons (Fsp3) is 0.143. The van der Waals surface area contributed by atoms with Crippen LogP contribution in [0.1, 0.15) is 0 Å². The molecule has 0 spiro atoms. The molecule has 0 heterocycles. The van der Waals surface area contributed by atoms with E-state index in [0.29, 0.717) is 24.7 Å². The molecule has 0 unspecified atom stereocenters. The Morgan fingerprint density at radius 3 is 2.33 bits per heavy atom. The highest BCUT2D eigenvalue weighted by Gasteiger charge is 2.12. The molecule has 5 heteroatoms. The molecule has 0 aromatic heterocycles. The highest BCUT2D eigenvalue weighted by atomic mass is 79.9. The van der Waals surface area contributed by atoms with Crippen molar-refractivity contribution in [3.63, 3.8) is 0 Å². The molecule has 0 atom stereocenters. The summed E-state index contributed by atoms with van der Waals surface area (Å²) in [5.41, 5.74) is 0. The predicted molar refractivity (Wildman–Crippen MR) is 58.4 cm³/mol. The molecule has 1 aromatic carbocycles. The SMILES string of the molecule is COc1cc(Cl)c(Br)c(Cl)c1Br. The summed E-state index contributed by atoms with van der Waals surface area (Å²) in [6, 6.07) is 1.68. The molecule has 12 heavy (non-hydrogen) atoms. The van der Waals surface area contributed by atoms with Gasteiger partial charge < -0.3 is 4.74 Å². The molecule has 1 rings (SSSR count). The van der Waals surface area contributed by atoms with Gasteiger partial charge in [-0.15, -0.1) is 0 Å². The van der Waals surface area contributed by atoms with Crippen LogP contribution in [0.3, 0.4) is 0 Å². The normalized spacial score (nSPS) is 10.1. The van der Waals surface area contributed by atoms with Crippen LogP contribution in [-0.2, 0) is 0 Å². The van der Waals surface area contributed by atoms with E-state index in [0.717, 1.165) is 0 Å². The Hall–Kier alpha value is 0.560. The van der Waals surface area contributed by atoms with Gasteiger partial charge in [-0.2, -0.15) is 0 Å². The van der Waals surface area contributed by atoms with Gasteiger partial charge in [-0.05, 0) is 31.9 Å². The van der Waals surface area contributed by atoms with E-state index < -0.39 is 0 Å². The average molecular weight is 335 g/mol. The van der Waals surface area contributed by atoms with Crippen molar-refractivity contribution in [1.82, 2.24) is 0 Å². The fourth-order valence-electron chi connectivity index (χ4n) is 0.700. The van der Waals surface area contributed by atoms with Crippen LogP contribution >= 0.6 is 55.1 Å². The van der Waals surface area contributed by atoms with Gasteiger partial charge in [-0.25, -0.2) is 0 Å². The number of hydrogen-bond donors (Lipinski definition) is 0. The van der Waals surface area contributed by atoms with Crippen LogP contribution in [0.5, 0.6) is 5.75 Å². The Morgan fingerprint density at radius 2 is 1.83 bits per heavy atom. The summed E-state index contributed by atoms with van der Waals surface area (Å²) in [5, 5.41) is 1.04. The second-order valence-corrected chi connectivity index (χ2v) is 4.37. The largest absolute Gasteiger partial charge is 0.495 e. The van der Waals surface area contributed by atoms with Gasteiger partial charge >= 0.3 is 0 Å². The first-order valence-corrected chi connectivity index (χ1v) is 5.29. The Balaban J connectivity index is 3.39. The third-order valence-corrected chi connectivity index (χ3v) is 4.26. The molecular formula is C7H4Br2Cl2O. The van der Waals surface area contributed by atoms with E-state index >= 15 is 0 Å². The third kappa shape index (κ3) is 1.90. The van der Waals surface area contributed by atoms with Gasteiger partial charge in [0.2, 0.25) is 0 Å². The molecule has 0 bridgehead atoms. The van der Waals surface area contributed by atoms with Crippen LogP contribution in [0, 0.1) is 0 Å². The molecular weight excluding hydrogens is 331 g/mol. The maximum Gasteiger partial charge on any atom is 0.136 e. The van der Waals surface area contributed by atoms with E-state index in [1.807, 2.05) is 0 Å². The van der Waals surface area contributed by atoms with E-state index in [2.05, 4.69) is 31.9 Å². The summed E-state index contributed by atoms with van der Waals surface area (Å²) in [5.74, 6) is 0.619. The minimum Gasteiger partial charge on any atom is -0.495 e. The second kappa shape index (κ2) is 4.18. The van der Waals surface area contributed by atoms with Crippen LogP contribution in [0.2, 0.25) is 10.0 Å². The number of methoxy groups -OCH3 is 1. The van der Waals surface area contributed by atoms with Gasteiger partial charge in [-0.1, -0.05) is 23.2 Å². The zero-order valence-corrected chi connectivity index (χ0v) is 10.7. The monoisotopic (exact) mass is 332 g/mol. The number of ether oxygens (including phenoxy) is 1. The molecule has 0 aliphatic heterocycles. The van der Waals surface area contributed by atoms with Crippen molar-refractivity contribution < 1.29 is 4.74 Å². The van der Waals surface area contributed by atoms with Gasteiger partial charge in [-0.3, -0.25) is 0 Å². The minimum atomic E-state index is 0.513. The standard InChI is InChI=1S/C7H4Br2Cl2O/c1-12-4-2-3(10)5(8)7(11)6(4)9/h2H,1H3. The van der Waals surface area contributed by atoms with Crippen molar-refractivity contribution in [3.8, 4) is 5.75 Å². The number of halogens is 4. The fourth-order valence-corrected chi connectivity index (χ4v) is 2.19. The van der Waals surface area contributed by atoms with Crippen LogP contribution in [0.25, 0.3) is 0 Å². The molecule has 0 radical (unpaired) electrons. The lowest BCUT2D eigenvalue weighted by molar-refractivity contribution is 0.412. The summed E-state index contributed by atoms with van der Waals surface area (Å²) in [6.07, 6.45) is 0. The summed E-state index contributed by atoms with van der Waals surface area (Å²) < 4.78 is 6.39. The number of benzene rings is 1. The molecule has 1 aromatic rings. The Kier molecular flexibility index (Phi) is 3.71. The highest BCUT2D eigenvalue weighted by molar-refractivity contribution is 9.11. The zero-order valence-electron chi connectivity index (χ0n) is 6.00. The lowest BCUT2D eigenvalue weighted by Gasteiger charge is -2.07. The van der Waals surface area contributed by atoms with Gasteiger partial charge in [0.1, 0.15) is 5.75 Å². The van der Waals surface area contributed by atoms with E-state index in [1.165, 1.54) is 0 Å². The van der Waals surface area contributed by atoms with Gasteiger partial charge in [0.25, 0.3) is 0 Å². The molecule has 0 fully saturated rings. The first kappa shape index (κ1) is 10.6. The molecule has 0 saturated heterocycles. The maximum absolute atomic E-state index is 5.91. The molecule has 0 aliphatic carbocycles. The zero-order chi connectivity index (χ0) is 9.30. The Bertz CT molecular complexity index is 315. The Labute approximate surface area is 97.3 Å². The topological polar surface area (TPSA) is 9.23 Å². The van der Waals surface area contributed by atoms with Crippen LogP contribution in [0.15, 0.2) is 15.0 Å². The predicted octanol–water partition coefficient (Wildman–Crippen LogP) is 4.53. The molecule has 0 N–H and O–H groups in total. The number of rotatable bonds is 1. The first-order valence-electron chi connectivity index (χ1n) is 2.95. The number of hydrogen-bond acceptors (Lipinski definition) is 1. The molecule has 1 nitrogen and oxygen atoms in total. The first-order chi connectivity index (χ1) is 5.57. The van der Waals surface area contributed by atoms with Crippen LogP contribution < -0.4 is 4.74 Å². The summed E-state index contributed by atoms with van der Waals surface area (Å²) in [7, 11) is 1.56. The van der Waals surface area contributed by atoms with Crippen molar-refractivity contribution in [2.24, 2.45) is 0 Å². The van der Waals surface area contributed by atoms with Gasteiger partial charge in [0, 0.05) is 6.07 Å². The van der Waals surface area contributed by atoms with E-state index in [9.17, 15) is 0 Å². The van der Waals surface area contributed by atoms with Crippen molar-refractivity contribution in [1.29, 1.82) is 0 Å². The molecule has 0 amide bonds. The van der Waals surface area contributed by atoms with E-state index in [-0.39, 0.29) is 0 Å². The van der Waals surface area contributed by atoms with Crippen LogP contribution in [0.4, 0.5) is 0 Å². The molecule has 0 aliphatic rings. The van der Waals surface area contributed by atoms with Crippen LogP contribution in [-0.4, -0.2) is 7.11 Å². The van der Waals surface area contributed by atoms with E-state index in [4.69, 9.17) is 27.9 Å². The van der Waals surface area contributed by atoms with E-state index in [1.54, 1.807) is 13.2 Å². The summed E-state index contributed by atoms with van der Waals surface area (Å²) in [6.45, 7) is 0. The van der Waals surface area contributed by atoms with Crippen molar-refractivity contribution in [2.75, 3.05) is 7.11 Å². The highest BCUT2D eigenvalue weighted by Crippen LogP contribution is 2.41. The van der Waals surface area contributed by atoms with Gasteiger partial charge in [0.15, 0.2) is 0 Å². The minimum absolute atomic E-state index is 0.513.